The summed E-state index contributed by atoms with van der Waals surface area (Å²) in [4.78, 5) is 15.7. The highest BCUT2D eigenvalue weighted by atomic mass is 35.5. The Labute approximate surface area is 131 Å². The lowest BCUT2D eigenvalue weighted by Gasteiger charge is -2.38. The Hall–Kier alpha value is -0.710. The zero-order chi connectivity index (χ0) is 13.8. The third kappa shape index (κ3) is 3.90. The molecule has 1 aromatic carbocycles. The topological polar surface area (TPSA) is 46.3 Å². The fraction of sp³-hybridized carbons (Fsp3) is 0.533. The van der Waals surface area contributed by atoms with Crippen LogP contribution in [0.3, 0.4) is 0 Å². The van der Waals surface area contributed by atoms with Gasteiger partial charge >= 0.3 is 0 Å². The molecule has 20 heavy (non-hydrogen) atoms. The van der Waals surface area contributed by atoms with Crippen molar-refractivity contribution in [1.82, 2.24) is 4.90 Å². The lowest BCUT2D eigenvalue weighted by molar-refractivity contribution is 0.0584. The number of amides is 1. The van der Waals surface area contributed by atoms with Gasteiger partial charge in [0.2, 0.25) is 0 Å². The highest BCUT2D eigenvalue weighted by Crippen LogP contribution is 2.22. The molecule has 1 aromatic rings. The molecule has 0 saturated carbocycles. The Bertz CT molecular complexity index is 436. The SMILES string of the molecule is CSc1ccc(C(=O)N2CCCCC2C(C)N)cc1.Cl. The number of hydrogen-bond acceptors (Lipinski definition) is 3. The number of thioether (sulfide) groups is 1. The average molecular weight is 315 g/mol. The molecule has 1 saturated heterocycles. The van der Waals surface area contributed by atoms with E-state index >= 15 is 0 Å². The molecule has 0 radical (unpaired) electrons. The number of nitrogens with zero attached hydrogens (tertiary/aromatic N) is 1. The van der Waals surface area contributed by atoms with Crippen molar-refractivity contribution in [2.45, 2.75) is 43.2 Å². The zero-order valence-corrected chi connectivity index (χ0v) is 13.7. The predicted molar refractivity (Wildman–Crippen MR) is 87.8 cm³/mol. The Kier molecular flexibility index (Phi) is 6.86. The fourth-order valence-electron chi connectivity index (χ4n) is 2.66. The second-order valence-corrected chi connectivity index (χ2v) is 6.03. The van der Waals surface area contributed by atoms with Crippen molar-refractivity contribution in [2.75, 3.05) is 12.8 Å². The molecule has 0 aromatic heterocycles. The summed E-state index contributed by atoms with van der Waals surface area (Å²) in [5.41, 5.74) is 6.79. The minimum absolute atomic E-state index is 0. The van der Waals surface area contributed by atoms with Crippen molar-refractivity contribution < 1.29 is 4.79 Å². The molecule has 5 heteroatoms. The van der Waals surface area contributed by atoms with Crippen LogP contribution in [0.2, 0.25) is 0 Å². The van der Waals surface area contributed by atoms with E-state index in [2.05, 4.69) is 0 Å². The van der Waals surface area contributed by atoms with E-state index in [-0.39, 0.29) is 30.4 Å². The molecule has 1 fully saturated rings. The summed E-state index contributed by atoms with van der Waals surface area (Å²) in [6, 6.07) is 8.06. The van der Waals surface area contributed by atoms with Crippen molar-refractivity contribution in [3.05, 3.63) is 29.8 Å². The van der Waals surface area contributed by atoms with Crippen LogP contribution >= 0.6 is 24.2 Å². The number of carbonyl (C=O) groups excluding carboxylic acids is 1. The molecule has 1 heterocycles. The van der Waals surface area contributed by atoms with Crippen LogP contribution in [0.5, 0.6) is 0 Å². The second-order valence-electron chi connectivity index (χ2n) is 5.15. The maximum atomic E-state index is 12.6. The van der Waals surface area contributed by atoms with Gasteiger partial charge in [0.05, 0.1) is 0 Å². The number of hydrogen-bond donors (Lipinski definition) is 1. The third-order valence-electron chi connectivity index (χ3n) is 3.75. The van der Waals surface area contributed by atoms with Gasteiger partial charge in [-0.05, 0) is 56.7 Å². The van der Waals surface area contributed by atoms with E-state index in [0.29, 0.717) is 0 Å². The smallest absolute Gasteiger partial charge is 0.254 e. The van der Waals surface area contributed by atoms with Crippen LogP contribution in [0, 0.1) is 0 Å². The summed E-state index contributed by atoms with van der Waals surface area (Å²) < 4.78 is 0. The summed E-state index contributed by atoms with van der Waals surface area (Å²) in [5, 5.41) is 0. The standard InChI is InChI=1S/C15H22N2OS.ClH/c1-11(16)14-5-3-4-10-17(14)15(18)12-6-8-13(19-2)9-7-12;/h6-9,11,14H,3-5,10,16H2,1-2H3;1H. The Morgan fingerprint density at radius 2 is 2.00 bits per heavy atom. The number of carbonyl (C=O) groups is 1. The van der Waals surface area contributed by atoms with Crippen LogP contribution in [-0.2, 0) is 0 Å². The number of nitrogens with two attached hydrogens (primary N) is 1. The summed E-state index contributed by atoms with van der Waals surface area (Å²) >= 11 is 1.69. The lowest BCUT2D eigenvalue weighted by Crippen LogP contribution is -2.51. The van der Waals surface area contributed by atoms with E-state index < -0.39 is 0 Å². The first kappa shape index (κ1) is 17.3. The molecule has 1 aliphatic rings. The van der Waals surface area contributed by atoms with E-state index in [1.807, 2.05) is 42.3 Å². The highest BCUT2D eigenvalue weighted by molar-refractivity contribution is 7.98. The first-order valence-electron chi connectivity index (χ1n) is 6.84. The van der Waals surface area contributed by atoms with Gasteiger partial charge in [0.25, 0.3) is 5.91 Å². The maximum Gasteiger partial charge on any atom is 0.254 e. The van der Waals surface area contributed by atoms with Gasteiger partial charge in [-0.3, -0.25) is 4.79 Å². The molecule has 2 unspecified atom stereocenters. The van der Waals surface area contributed by atoms with Crippen LogP contribution in [-0.4, -0.2) is 35.7 Å². The van der Waals surface area contributed by atoms with Gasteiger partial charge in [0, 0.05) is 29.1 Å². The van der Waals surface area contributed by atoms with E-state index in [4.69, 9.17) is 5.73 Å². The first-order valence-corrected chi connectivity index (χ1v) is 8.06. The number of piperidine rings is 1. The molecule has 2 rings (SSSR count). The van der Waals surface area contributed by atoms with Crippen molar-refractivity contribution in [3.8, 4) is 0 Å². The van der Waals surface area contributed by atoms with Gasteiger partial charge in [-0.25, -0.2) is 0 Å². The maximum absolute atomic E-state index is 12.6. The monoisotopic (exact) mass is 314 g/mol. The normalized spacial score (nSPS) is 20.1. The minimum Gasteiger partial charge on any atom is -0.334 e. The summed E-state index contributed by atoms with van der Waals surface area (Å²) in [6.07, 6.45) is 5.30. The van der Waals surface area contributed by atoms with Crippen molar-refractivity contribution in [3.63, 3.8) is 0 Å². The Morgan fingerprint density at radius 1 is 1.35 bits per heavy atom. The van der Waals surface area contributed by atoms with Gasteiger partial charge < -0.3 is 10.6 Å². The van der Waals surface area contributed by atoms with Gasteiger partial charge in [-0.1, -0.05) is 0 Å². The van der Waals surface area contributed by atoms with Gasteiger partial charge in [0.1, 0.15) is 0 Å². The van der Waals surface area contributed by atoms with Crippen LogP contribution in [0.1, 0.15) is 36.5 Å². The van der Waals surface area contributed by atoms with E-state index in [0.717, 1.165) is 24.9 Å². The quantitative estimate of drug-likeness (QED) is 0.872. The molecule has 1 amide bonds. The molecule has 0 aliphatic carbocycles. The third-order valence-corrected chi connectivity index (χ3v) is 4.50. The van der Waals surface area contributed by atoms with Gasteiger partial charge in [-0.2, -0.15) is 0 Å². The molecule has 112 valence electrons. The molecule has 0 spiro atoms. The van der Waals surface area contributed by atoms with Crippen LogP contribution in [0.25, 0.3) is 0 Å². The van der Waals surface area contributed by atoms with Crippen LogP contribution < -0.4 is 5.73 Å². The number of likely N-dealkylation sites (tertiary alicyclic amines) is 1. The fourth-order valence-corrected chi connectivity index (χ4v) is 3.06. The first-order chi connectivity index (χ1) is 9.13. The van der Waals surface area contributed by atoms with Gasteiger partial charge in [-0.15, -0.1) is 24.2 Å². The van der Waals surface area contributed by atoms with E-state index in [9.17, 15) is 4.79 Å². The minimum atomic E-state index is 0. The van der Waals surface area contributed by atoms with Crippen molar-refractivity contribution >= 4 is 30.1 Å². The number of benzene rings is 1. The van der Waals surface area contributed by atoms with Crippen LogP contribution in [0.15, 0.2) is 29.2 Å². The number of rotatable bonds is 3. The largest absolute Gasteiger partial charge is 0.334 e. The molecular formula is C15H23ClN2OS. The zero-order valence-electron chi connectivity index (χ0n) is 12.0. The van der Waals surface area contributed by atoms with Gasteiger partial charge in [0.15, 0.2) is 0 Å². The average Bonchev–Trinajstić information content (AvgIpc) is 2.46. The highest BCUT2D eigenvalue weighted by Gasteiger charge is 2.29. The molecule has 3 nitrogen and oxygen atoms in total. The van der Waals surface area contributed by atoms with Crippen LogP contribution in [0.4, 0.5) is 0 Å². The summed E-state index contributed by atoms with van der Waals surface area (Å²) in [7, 11) is 0. The molecule has 2 atom stereocenters. The molecule has 2 N–H and O–H groups in total. The van der Waals surface area contributed by atoms with E-state index in [1.165, 1.54) is 11.3 Å². The molecular weight excluding hydrogens is 292 g/mol. The predicted octanol–water partition coefficient (Wildman–Crippen LogP) is 3.17. The van der Waals surface area contributed by atoms with Crippen molar-refractivity contribution in [1.29, 1.82) is 0 Å². The Morgan fingerprint density at radius 3 is 2.55 bits per heavy atom. The Balaban J connectivity index is 0.00000200. The number of halogens is 1. The molecule has 0 bridgehead atoms. The van der Waals surface area contributed by atoms with Crippen molar-refractivity contribution in [2.24, 2.45) is 5.73 Å². The molecule has 1 aliphatic heterocycles. The van der Waals surface area contributed by atoms with E-state index in [1.54, 1.807) is 11.8 Å². The second kappa shape index (κ2) is 7.91. The lowest BCUT2D eigenvalue weighted by atomic mass is 9.96. The summed E-state index contributed by atoms with van der Waals surface area (Å²) in [6.45, 7) is 2.82. The summed E-state index contributed by atoms with van der Waals surface area (Å²) in [5.74, 6) is 0.120.